The molecule has 0 amide bonds. The fourth-order valence-electron chi connectivity index (χ4n) is 3.58. The molecule has 1 aromatic rings. The van der Waals surface area contributed by atoms with E-state index in [4.69, 9.17) is 4.74 Å². The van der Waals surface area contributed by atoms with Crippen molar-refractivity contribution in [3.05, 3.63) is 29.8 Å². The van der Waals surface area contributed by atoms with E-state index < -0.39 is 0 Å². The highest BCUT2D eigenvalue weighted by molar-refractivity contribution is 5.31. The fraction of sp³-hybridized carbons (Fsp3) is 0.600. The van der Waals surface area contributed by atoms with Crippen molar-refractivity contribution in [3.63, 3.8) is 0 Å². The Hall–Kier alpha value is -1.02. The van der Waals surface area contributed by atoms with Gasteiger partial charge in [0, 0.05) is 12.1 Å². The Morgan fingerprint density at radius 2 is 1.88 bits per heavy atom. The van der Waals surface area contributed by atoms with E-state index in [0.29, 0.717) is 0 Å². The predicted molar refractivity (Wildman–Crippen MR) is 69.5 cm³/mol. The average Bonchev–Trinajstić information content (AvgIpc) is 2.61. The highest BCUT2D eigenvalue weighted by Crippen LogP contribution is 2.42. The normalized spacial score (nSPS) is 32.7. The third-order valence-electron chi connectivity index (χ3n) is 4.66. The summed E-state index contributed by atoms with van der Waals surface area (Å²) in [5, 5.41) is 0. The van der Waals surface area contributed by atoms with E-state index >= 15 is 0 Å². The number of piperidine rings is 1. The van der Waals surface area contributed by atoms with Crippen LogP contribution in [0.15, 0.2) is 24.3 Å². The number of fused-ring (bicyclic) bond motifs is 2. The van der Waals surface area contributed by atoms with Crippen molar-refractivity contribution in [2.75, 3.05) is 14.2 Å². The molecule has 2 fully saturated rings. The Bertz CT molecular complexity index is 390. The van der Waals surface area contributed by atoms with Gasteiger partial charge in [-0.25, -0.2) is 0 Å². The molecule has 3 rings (SSSR count). The minimum absolute atomic E-state index is 0.735. The predicted octanol–water partition coefficient (Wildman–Crippen LogP) is 3.04. The van der Waals surface area contributed by atoms with Crippen LogP contribution in [0.2, 0.25) is 0 Å². The molecule has 92 valence electrons. The van der Waals surface area contributed by atoms with Crippen LogP contribution in [0, 0.1) is 0 Å². The Morgan fingerprint density at radius 1 is 1.18 bits per heavy atom. The van der Waals surface area contributed by atoms with Gasteiger partial charge in [0.1, 0.15) is 5.75 Å². The second-order valence-electron chi connectivity index (χ2n) is 5.50. The molecule has 3 atom stereocenters. The molecule has 2 heterocycles. The molecule has 2 saturated heterocycles. The number of ether oxygens (including phenoxy) is 1. The molecule has 17 heavy (non-hydrogen) atoms. The first kappa shape index (κ1) is 11.1. The largest absolute Gasteiger partial charge is 0.497 e. The van der Waals surface area contributed by atoms with Crippen molar-refractivity contribution in [2.45, 2.75) is 43.7 Å². The number of rotatable bonds is 2. The van der Waals surface area contributed by atoms with Gasteiger partial charge in [-0.05, 0) is 56.3 Å². The van der Waals surface area contributed by atoms with Crippen LogP contribution in [0.1, 0.15) is 37.2 Å². The summed E-state index contributed by atoms with van der Waals surface area (Å²) in [4.78, 5) is 2.59. The second-order valence-corrected chi connectivity index (χ2v) is 5.50. The van der Waals surface area contributed by atoms with E-state index in [2.05, 4.69) is 30.1 Å². The maximum atomic E-state index is 5.33. The van der Waals surface area contributed by atoms with Crippen LogP contribution in [0.3, 0.4) is 0 Å². The lowest BCUT2D eigenvalue weighted by molar-refractivity contribution is 0.161. The first-order valence-electron chi connectivity index (χ1n) is 6.64. The van der Waals surface area contributed by atoms with Crippen LogP contribution in [0.25, 0.3) is 0 Å². The van der Waals surface area contributed by atoms with Gasteiger partial charge >= 0.3 is 0 Å². The van der Waals surface area contributed by atoms with E-state index in [1.54, 1.807) is 7.11 Å². The third-order valence-corrected chi connectivity index (χ3v) is 4.66. The second kappa shape index (κ2) is 4.34. The zero-order chi connectivity index (χ0) is 11.8. The lowest BCUT2D eigenvalue weighted by Gasteiger charge is -2.36. The van der Waals surface area contributed by atoms with Gasteiger partial charge < -0.3 is 9.64 Å². The van der Waals surface area contributed by atoms with E-state index in [1.165, 1.54) is 31.2 Å². The van der Waals surface area contributed by atoms with Crippen molar-refractivity contribution in [3.8, 4) is 5.75 Å². The molecule has 0 aliphatic carbocycles. The van der Waals surface area contributed by atoms with Gasteiger partial charge in [0.05, 0.1) is 7.11 Å². The monoisotopic (exact) mass is 231 g/mol. The Morgan fingerprint density at radius 3 is 2.53 bits per heavy atom. The fourth-order valence-corrected chi connectivity index (χ4v) is 3.58. The number of nitrogens with zero attached hydrogens (tertiary/aromatic N) is 1. The van der Waals surface area contributed by atoms with Crippen LogP contribution in [0.5, 0.6) is 5.75 Å². The molecule has 0 spiro atoms. The molecular formula is C15H21NO. The van der Waals surface area contributed by atoms with Crippen LogP contribution in [-0.4, -0.2) is 31.1 Å². The van der Waals surface area contributed by atoms with E-state index in [0.717, 1.165) is 23.8 Å². The maximum absolute atomic E-state index is 5.33. The summed E-state index contributed by atoms with van der Waals surface area (Å²) >= 11 is 0. The molecule has 0 aromatic heterocycles. The summed E-state index contributed by atoms with van der Waals surface area (Å²) in [6, 6.07) is 10.3. The lowest BCUT2D eigenvalue weighted by atomic mass is 9.85. The first-order valence-corrected chi connectivity index (χ1v) is 6.64. The highest BCUT2D eigenvalue weighted by atomic mass is 16.5. The Balaban J connectivity index is 1.81. The third kappa shape index (κ3) is 1.95. The van der Waals surface area contributed by atoms with Crippen LogP contribution >= 0.6 is 0 Å². The summed E-state index contributed by atoms with van der Waals surface area (Å²) in [6.45, 7) is 0. The summed E-state index contributed by atoms with van der Waals surface area (Å²) in [7, 11) is 4.04. The van der Waals surface area contributed by atoms with Crippen LogP contribution < -0.4 is 4.74 Å². The zero-order valence-electron chi connectivity index (χ0n) is 10.7. The standard InChI is InChI=1S/C15H21NO/c1-16-13-6-7-14(16)9-12(8-13)11-4-3-5-15(10-11)17-2/h3-5,10,12-14H,6-9H2,1-2H3/t12?,13-,14+. The van der Waals surface area contributed by atoms with Crippen molar-refractivity contribution in [1.29, 1.82) is 0 Å². The van der Waals surface area contributed by atoms with Gasteiger partial charge in [-0.1, -0.05) is 12.1 Å². The molecule has 2 aliphatic rings. The first-order chi connectivity index (χ1) is 8.28. The number of hydrogen-bond donors (Lipinski definition) is 0. The quantitative estimate of drug-likeness (QED) is 0.775. The zero-order valence-corrected chi connectivity index (χ0v) is 10.7. The molecule has 1 aromatic carbocycles. The average molecular weight is 231 g/mol. The number of hydrogen-bond acceptors (Lipinski definition) is 2. The molecule has 1 unspecified atom stereocenters. The van der Waals surface area contributed by atoms with Gasteiger partial charge in [0.2, 0.25) is 0 Å². The topological polar surface area (TPSA) is 12.5 Å². The minimum atomic E-state index is 0.735. The van der Waals surface area contributed by atoms with E-state index in [-0.39, 0.29) is 0 Å². The molecule has 2 aliphatic heterocycles. The van der Waals surface area contributed by atoms with Gasteiger partial charge in [-0.15, -0.1) is 0 Å². The molecular weight excluding hydrogens is 210 g/mol. The smallest absolute Gasteiger partial charge is 0.119 e. The summed E-state index contributed by atoms with van der Waals surface area (Å²) in [6.07, 6.45) is 5.42. The van der Waals surface area contributed by atoms with E-state index in [9.17, 15) is 0 Å². The van der Waals surface area contributed by atoms with Crippen molar-refractivity contribution in [1.82, 2.24) is 4.90 Å². The number of benzene rings is 1. The Labute approximate surface area is 104 Å². The molecule has 0 radical (unpaired) electrons. The lowest BCUT2D eigenvalue weighted by Crippen LogP contribution is -2.39. The van der Waals surface area contributed by atoms with Crippen LogP contribution in [-0.2, 0) is 0 Å². The molecule has 0 saturated carbocycles. The Kier molecular flexibility index (Phi) is 2.83. The number of methoxy groups -OCH3 is 1. The molecule has 0 N–H and O–H groups in total. The van der Waals surface area contributed by atoms with Gasteiger partial charge in [-0.2, -0.15) is 0 Å². The summed E-state index contributed by atoms with van der Waals surface area (Å²) in [5.74, 6) is 1.73. The van der Waals surface area contributed by atoms with Crippen LogP contribution in [0.4, 0.5) is 0 Å². The van der Waals surface area contributed by atoms with Gasteiger partial charge in [-0.3, -0.25) is 0 Å². The minimum Gasteiger partial charge on any atom is -0.497 e. The van der Waals surface area contributed by atoms with E-state index in [1.807, 2.05) is 6.07 Å². The van der Waals surface area contributed by atoms with Gasteiger partial charge in [0.25, 0.3) is 0 Å². The summed E-state index contributed by atoms with van der Waals surface area (Å²) in [5.41, 5.74) is 1.47. The molecule has 2 nitrogen and oxygen atoms in total. The highest BCUT2D eigenvalue weighted by Gasteiger charge is 2.38. The van der Waals surface area contributed by atoms with Crippen molar-refractivity contribution >= 4 is 0 Å². The van der Waals surface area contributed by atoms with Crippen molar-refractivity contribution < 1.29 is 4.74 Å². The summed E-state index contributed by atoms with van der Waals surface area (Å²) < 4.78 is 5.33. The molecule has 2 heteroatoms. The SMILES string of the molecule is COc1cccc(C2C[C@H]3CC[C@@H](C2)N3C)c1. The van der Waals surface area contributed by atoms with Gasteiger partial charge in [0.15, 0.2) is 0 Å². The maximum Gasteiger partial charge on any atom is 0.119 e. The molecule has 2 bridgehead atoms. The van der Waals surface area contributed by atoms with Crippen molar-refractivity contribution in [2.24, 2.45) is 0 Å².